The number of sulfone groups is 2. The van der Waals surface area contributed by atoms with Gasteiger partial charge < -0.3 is 4.90 Å². The molecule has 6 nitrogen and oxygen atoms in total. The zero-order chi connectivity index (χ0) is 35.9. The van der Waals surface area contributed by atoms with Crippen LogP contribution in [0.2, 0.25) is 0 Å². The quantitative estimate of drug-likeness (QED) is 0.236. The molecule has 0 saturated carbocycles. The average Bonchev–Trinajstić information content (AvgIpc) is 3.39. The van der Waals surface area contributed by atoms with E-state index in [9.17, 15) is 52.4 Å². The van der Waals surface area contributed by atoms with Gasteiger partial charge in [0.05, 0.1) is 21.4 Å². The number of hydrogen-bond acceptors (Lipinski definition) is 5. The van der Waals surface area contributed by atoms with Gasteiger partial charge in [-0.15, -0.1) is 0 Å². The van der Waals surface area contributed by atoms with Crippen molar-refractivity contribution in [3.05, 3.63) is 64.5 Å². The van der Waals surface area contributed by atoms with Crippen LogP contribution in [-0.2, 0) is 41.3 Å². The number of carbonyl (C=O) groups is 1. The van der Waals surface area contributed by atoms with Gasteiger partial charge in [0.2, 0.25) is 5.91 Å². The van der Waals surface area contributed by atoms with Gasteiger partial charge >= 0.3 is 18.0 Å². The summed E-state index contributed by atoms with van der Waals surface area (Å²) in [5, 5.41) is 0. The van der Waals surface area contributed by atoms with Crippen molar-refractivity contribution in [1.29, 1.82) is 0 Å². The van der Waals surface area contributed by atoms with E-state index >= 15 is 4.39 Å². The van der Waals surface area contributed by atoms with Crippen LogP contribution in [0, 0.1) is 18.7 Å². The Bertz CT molecular complexity index is 1830. The number of likely N-dealkylation sites (tertiary alicyclic amines) is 1. The normalized spacial score (nSPS) is 27.8. The molecule has 0 N–H and O–H groups in total. The Balaban J connectivity index is 1.66. The molecule has 1 aliphatic carbocycles. The lowest BCUT2D eigenvalue weighted by atomic mass is 9.76. The molecule has 2 aromatic rings. The Morgan fingerprint density at radius 1 is 1.00 bits per heavy atom. The molecule has 48 heavy (non-hydrogen) atoms. The third kappa shape index (κ3) is 5.25. The molecule has 2 aliphatic heterocycles. The van der Waals surface area contributed by atoms with Crippen LogP contribution >= 0.6 is 0 Å². The first-order valence-corrected chi connectivity index (χ1v) is 18.6. The van der Waals surface area contributed by atoms with Gasteiger partial charge in [-0.05, 0) is 87.3 Å². The molecule has 0 bridgehead atoms. The van der Waals surface area contributed by atoms with Crippen molar-refractivity contribution < 1.29 is 56.8 Å². The van der Waals surface area contributed by atoms with Crippen molar-refractivity contribution in [2.24, 2.45) is 5.92 Å². The van der Waals surface area contributed by atoms with Crippen molar-refractivity contribution in [1.82, 2.24) is 4.90 Å². The number of fused-ring (bicyclic) bond motifs is 3. The predicted molar refractivity (Wildman–Crippen MR) is 160 cm³/mol. The molecule has 0 radical (unpaired) electrons. The van der Waals surface area contributed by atoms with E-state index in [1.807, 2.05) is 6.92 Å². The first kappa shape index (κ1) is 36.5. The Hall–Kier alpha value is -2.75. The summed E-state index contributed by atoms with van der Waals surface area (Å²) in [5.74, 6) is -2.26. The van der Waals surface area contributed by atoms with Crippen LogP contribution in [0.1, 0.15) is 74.6 Å². The standard InChI is InChI=1S/C32H35F8NO5S2/c1-4-12-28(3)18-21(11-15-47(28,43)44)27(42)41-14-13-29(48(45,46)23-7-9-25(33)19(2)16-23)24-8-6-22(17-20(24)5-10-26(29)41)30(34,31(35,36)37)32(38,39)40/h6-9,16-17,21,26H,4-5,10-15,18H2,1-3H3/t21?,26?,28-,29?/m1/s1. The Labute approximate surface area is 273 Å². The van der Waals surface area contributed by atoms with Crippen molar-refractivity contribution in [2.75, 3.05) is 12.3 Å². The van der Waals surface area contributed by atoms with Gasteiger partial charge in [-0.2, -0.15) is 26.3 Å². The van der Waals surface area contributed by atoms with E-state index in [2.05, 4.69) is 0 Å². The van der Waals surface area contributed by atoms with Crippen LogP contribution in [0.15, 0.2) is 41.3 Å². The van der Waals surface area contributed by atoms with Gasteiger partial charge in [0.25, 0.3) is 0 Å². The number of halogens is 8. The molecule has 4 atom stereocenters. The first-order valence-electron chi connectivity index (χ1n) is 15.5. The molecule has 266 valence electrons. The minimum atomic E-state index is -6.39. The van der Waals surface area contributed by atoms with Gasteiger partial charge in [0, 0.05) is 18.0 Å². The highest BCUT2D eigenvalue weighted by Gasteiger charge is 2.74. The number of hydrogen-bond donors (Lipinski definition) is 0. The lowest BCUT2D eigenvalue weighted by Gasteiger charge is -2.44. The number of aryl methyl sites for hydroxylation is 2. The summed E-state index contributed by atoms with van der Waals surface area (Å²) in [7, 11) is -8.20. The second-order valence-corrected chi connectivity index (χ2v) is 18.2. The van der Waals surface area contributed by atoms with Gasteiger partial charge in [-0.3, -0.25) is 4.79 Å². The summed E-state index contributed by atoms with van der Waals surface area (Å²) in [5.41, 5.74) is -7.97. The molecule has 2 heterocycles. The Morgan fingerprint density at radius 3 is 2.23 bits per heavy atom. The van der Waals surface area contributed by atoms with Crippen molar-refractivity contribution >= 4 is 25.6 Å². The van der Waals surface area contributed by atoms with E-state index in [1.165, 1.54) is 11.8 Å². The zero-order valence-corrected chi connectivity index (χ0v) is 27.9. The molecule has 3 aliphatic rings. The molecule has 0 spiro atoms. The molecule has 2 saturated heterocycles. The minimum absolute atomic E-state index is 0.00442. The van der Waals surface area contributed by atoms with Crippen molar-refractivity contribution in [3.63, 3.8) is 0 Å². The molecule has 3 unspecified atom stereocenters. The lowest BCUT2D eigenvalue weighted by Crippen LogP contribution is -2.55. The van der Waals surface area contributed by atoms with Crippen molar-refractivity contribution in [3.8, 4) is 0 Å². The maximum atomic E-state index is 15.1. The van der Waals surface area contributed by atoms with Crippen LogP contribution in [0.3, 0.4) is 0 Å². The number of rotatable bonds is 6. The maximum absolute atomic E-state index is 15.1. The summed E-state index contributed by atoms with van der Waals surface area (Å²) in [6.45, 7) is 4.52. The van der Waals surface area contributed by atoms with Crippen molar-refractivity contribution in [2.45, 2.75) is 104 Å². The SMILES string of the molecule is CCC[C@]1(C)CC(C(=O)N2CCC3(S(=O)(=O)c4ccc(F)c(C)c4)c4ccc(C(F)(C(F)(F)F)C(F)(F)F)cc4CCC23)CCS1(=O)=O. The molecule has 1 amide bonds. The monoisotopic (exact) mass is 729 g/mol. The highest BCUT2D eigenvalue weighted by Crippen LogP contribution is 2.57. The number of amides is 1. The molecular weight excluding hydrogens is 694 g/mol. The van der Waals surface area contributed by atoms with Crippen LogP contribution in [0.4, 0.5) is 35.1 Å². The molecule has 2 aromatic carbocycles. The summed E-state index contributed by atoms with van der Waals surface area (Å²) in [6, 6.07) is 3.25. The van der Waals surface area contributed by atoms with Crippen LogP contribution < -0.4 is 0 Å². The molecule has 0 aromatic heterocycles. The third-order valence-electron chi connectivity index (χ3n) is 10.6. The van der Waals surface area contributed by atoms with Gasteiger partial charge in [-0.25, -0.2) is 25.6 Å². The van der Waals surface area contributed by atoms with E-state index in [1.54, 1.807) is 6.92 Å². The summed E-state index contributed by atoms with van der Waals surface area (Å²) in [4.78, 5) is 15.1. The fourth-order valence-electron chi connectivity index (χ4n) is 8.01. The highest BCUT2D eigenvalue weighted by molar-refractivity contribution is 7.93. The van der Waals surface area contributed by atoms with Gasteiger partial charge in [0.15, 0.2) is 19.7 Å². The molecule has 16 heteroatoms. The van der Waals surface area contributed by atoms with Gasteiger partial charge in [0.1, 0.15) is 10.6 Å². The third-order valence-corrected chi connectivity index (χ3v) is 15.7. The summed E-state index contributed by atoms with van der Waals surface area (Å²) < 4.78 is 163. The first-order chi connectivity index (χ1) is 22.0. The second kappa shape index (κ2) is 11.7. The maximum Gasteiger partial charge on any atom is 0.435 e. The van der Waals surface area contributed by atoms with Crippen LogP contribution in [0.25, 0.3) is 0 Å². The fraction of sp³-hybridized carbons (Fsp3) is 0.594. The lowest BCUT2D eigenvalue weighted by molar-refractivity contribution is -0.348. The van der Waals surface area contributed by atoms with E-state index in [4.69, 9.17) is 0 Å². The predicted octanol–water partition coefficient (Wildman–Crippen LogP) is 7.02. The summed E-state index contributed by atoms with van der Waals surface area (Å²) >= 11 is 0. The number of nitrogens with zero attached hydrogens (tertiary/aromatic N) is 1. The van der Waals surface area contributed by atoms with Crippen LogP contribution in [0.5, 0.6) is 0 Å². The van der Waals surface area contributed by atoms with Gasteiger partial charge in [-0.1, -0.05) is 31.5 Å². The Kier molecular flexibility index (Phi) is 8.87. The zero-order valence-electron chi connectivity index (χ0n) is 26.3. The van der Waals surface area contributed by atoms with E-state index in [-0.39, 0.29) is 72.1 Å². The molecule has 5 rings (SSSR count). The van der Waals surface area contributed by atoms with E-state index in [0.29, 0.717) is 18.9 Å². The van der Waals surface area contributed by atoms with Crippen LogP contribution in [-0.4, -0.2) is 63.1 Å². The topological polar surface area (TPSA) is 88.6 Å². The number of carbonyl (C=O) groups excluding carboxylic acids is 1. The number of benzene rings is 2. The largest absolute Gasteiger partial charge is 0.435 e. The molecule has 2 fully saturated rings. The van der Waals surface area contributed by atoms with E-state index in [0.717, 1.165) is 24.3 Å². The second-order valence-electron chi connectivity index (χ2n) is 13.4. The fourth-order valence-corrected chi connectivity index (χ4v) is 12.5. The summed E-state index contributed by atoms with van der Waals surface area (Å²) in [6.07, 6.45) is -12.8. The Morgan fingerprint density at radius 2 is 1.65 bits per heavy atom. The highest BCUT2D eigenvalue weighted by atomic mass is 32.2. The minimum Gasteiger partial charge on any atom is -0.337 e. The molecular formula is C32H35F8NO5S2. The van der Waals surface area contributed by atoms with E-state index < -0.39 is 76.4 Å². The smallest absolute Gasteiger partial charge is 0.337 e. The average molecular weight is 730 g/mol. The number of alkyl halides is 7.